The number of carbonyl (C=O) groups excluding carboxylic acids is 1. The van der Waals surface area contributed by atoms with E-state index in [1.54, 1.807) is 37.0 Å². The number of hydrogen-bond donors (Lipinski definition) is 3. The monoisotopic (exact) mass is 571 g/mol. The molecule has 0 aliphatic carbocycles. The Bertz CT molecular complexity index is 1520. The van der Waals surface area contributed by atoms with Gasteiger partial charge >= 0.3 is 0 Å². The van der Waals surface area contributed by atoms with E-state index in [9.17, 15) is 18.5 Å². The average Bonchev–Trinajstić information content (AvgIpc) is 3.37. The van der Waals surface area contributed by atoms with Crippen molar-refractivity contribution in [3.05, 3.63) is 52.9 Å². The van der Waals surface area contributed by atoms with E-state index in [4.69, 9.17) is 17.3 Å². The lowest BCUT2D eigenvalue weighted by Crippen LogP contribution is -2.50. The third kappa shape index (κ3) is 6.72. The Balaban J connectivity index is 1.50. The second-order valence-electron chi connectivity index (χ2n) is 9.95. The van der Waals surface area contributed by atoms with Crippen molar-refractivity contribution in [2.45, 2.75) is 44.8 Å². The number of benzene rings is 1. The number of aromatic nitrogens is 4. The number of carbonyl (C=O) groups is 1. The van der Waals surface area contributed by atoms with Crippen LogP contribution in [0.1, 0.15) is 37.8 Å². The van der Waals surface area contributed by atoms with Crippen molar-refractivity contribution >= 4 is 33.5 Å². The molecule has 3 heterocycles. The number of anilines is 1. The maximum absolute atomic E-state index is 11.8. The highest BCUT2D eigenvalue weighted by atomic mass is 35.5. The Labute approximate surface area is 232 Å². The van der Waals surface area contributed by atoms with Crippen molar-refractivity contribution < 1.29 is 13.2 Å². The fraction of sp³-hybridized carbons (Fsp3) is 0.400. The molecule has 1 fully saturated rings. The molecule has 206 valence electrons. The van der Waals surface area contributed by atoms with E-state index in [1.807, 2.05) is 12.1 Å². The molecule has 0 bridgehead atoms. The van der Waals surface area contributed by atoms with E-state index < -0.39 is 21.5 Å². The fourth-order valence-corrected chi connectivity index (χ4v) is 5.26. The molecule has 12 nitrogen and oxygen atoms in total. The Morgan fingerprint density at radius 1 is 1.28 bits per heavy atom. The van der Waals surface area contributed by atoms with Gasteiger partial charge in [0, 0.05) is 37.4 Å². The van der Waals surface area contributed by atoms with Crippen LogP contribution in [0.15, 0.2) is 36.8 Å². The zero-order valence-corrected chi connectivity index (χ0v) is 23.4. The van der Waals surface area contributed by atoms with Crippen molar-refractivity contribution in [3.63, 3.8) is 0 Å². The van der Waals surface area contributed by atoms with E-state index >= 15 is 0 Å². The van der Waals surface area contributed by atoms with Crippen LogP contribution in [0.5, 0.6) is 0 Å². The van der Waals surface area contributed by atoms with Crippen LogP contribution in [-0.2, 0) is 21.4 Å². The summed E-state index contributed by atoms with van der Waals surface area (Å²) < 4.78 is 26.6. The Morgan fingerprint density at radius 2 is 2.00 bits per heavy atom. The fourth-order valence-electron chi connectivity index (χ4n) is 4.10. The summed E-state index contributed by atoms with van der Waals surface area (Å²) in [5.74, 6) is -0.102. The largest absolute Gasteiger partial charge is 0.368 e. The molecule has 1 aliphatic heterocycles. The molecular weight excluding hydrogens is 542 g/mol. The van der Waals surface area contributed by atoms with Crippen molar-refractivity contribution in [2.75, 3.05) is 24.7 Å². The highest BCUT2D eigenvalue weighted by molar-refractivity contribution is 7.88. The highest BCUT2D eigenvalue weighted by Crippen LogP contribution is 2.27. The molecule has 14 heteroatoms. The van der Waals surface area contributed by atoms with Gasteiger partial charge in [-0.25, -0.2) is 27.4 Å². The molecule has 1 aromatic carbocycles. The minimum absolute atomic E-state index is 0.00636. The molecule has 2 aromatic heterocycles. The van der Waals surface area contributed by atoms with Gasteiger partial charge in [0.15, 0.2) is 0 Å². The number of hydrogen-bond acceptors (Lipinski definition) is 9. The molecule has 0 saturated carbocycles. The van der Waals surface area contributed by atoms with E-state index in [0.717, 1.165) is 5.56 Å². The summed E-state index contributed by atoms with van der Waals surface area (Å²) in [5, 5.41) is 20.9. The number of nitrogens with two attached hydrogens (primary N) is 1. The topological polar surface area (TPSA) is 172 Å². The smallest absolute Gasteiger partial charge is 0.237 e. The molecule has 1 amide bonds. The molecule has 4 rings (SSSR count). The van der Waals surface area contributed by atoms with Crippen LogP contribution in [0.4, 0.5) is 5.95 Å². The number of primary amides is 1. The Kier molecular flexibility index (Phi) is 8.22. The number of nitrogens with one attached hydrogen (secondary N) is 2. The second-order valence-corrected chi connectivity index (χ2v) is 12.3. The van der Waals surface area contributed by atoms with Gasteiger partial charge in [-0.05, 0) is 44.4 Å². The van der Waals surface area contributed by atoms with Crippen LogP contribution in [-0.4, -0.2) is 69.3 Å². The van der Waals surface area contributed by atoms with Crippen molar-refractivity contribution in [2.24, 2.45) is 5.73 Å². The van der Waals surface area contributed by atoms with Gasteiger partial charge in [0.2, 0.25) is 21.9 Å². The Morgan fingerprint density at radius 3 is 2.62 bits per heavy atom. The predicted molar refractivity (Wildman–Crippen MR) is 147 cm³/mol. The summed E-state index contributed by atoms with van der Waals surface area (Å²) in [6.07, 6.45) is 7.23. The van der Waals surface area contributed by atoms with Crippen LogP contribution >= 0.6 is 11.6 Å². The first-order valence-corrected chi connectivity index (χ1v) is 14.5. The number of nitriles is 1. The van der Waals surface area contributed by atoms with Gasteiger partial charge in [0.1, 0.15) is 6.07 Å². The molecule has 0 unspecified atom stereocenters. The molecular formula is C25H30ClN9O3S. The van der Waals surface area contributed by atoms with E-state index in [1.165, 1.54) is 16.8 Å². The minimum Gasteiger partial charge on any atom is -0.368 e. The SMILES string of the molecule is CC(C)(NCc1ccc(-n2cc(-c3nc(NC4CCN(S(C)(=O)=O)CC4)ncc3C#N)cn2)c(Cl)c1)C(N)=O. The summed E-state index contributed by atoms with van der Waals surface area (Å²) in [5.41, 5.74) is 7.36. The molecule has 1 saturated heterocycles. The maximum atomic E-state index is 11.8. The molecule has 0 atom stereocenters. The number of piperidine rings is 1. The van der Waals surface area contributed by atoms with Crippen molar-refractivity contribution in [1.29, 1.82) is 5.26 Å². The zero-order chi connectivity index (χ0) is 28.4. The number of halogens is 1. The summed E-state index contributed by atoms with van der Waals surface area (Å²) in [7, 11) is -3.21. The number of nitrogens with zero attached hydrogens (tertiary/aromatic N) is 6. The van der Waals surface area contributed by atoms with E-state index in [0.29, 0.717) is 60.4 Å². The number of amides is 1. The number of sulfonamides is 1. The average molecular weight is 572 g/mol. The normalized spacial score (nSPS) is 15.2. The third-order valence-corrected chi connectivity index (χ3v) is 8.24. The minimum atomic E-state index is -3.21. The predicted octanol–water partition coefficient (Wildman–Crippen LogP) is 2.04. The zero-order valence-electron chi connectivity index (χ0n) is 21.8. The lowest BCUT2D eigenvalue weighted by molar-refractivity contribution is -0.123. The molecule has 3 aromatic rings. The van der Waals surface area contributed by atoms with Gasteiger partial charge in [0.25, 0.3) is 0 Å². The lowest BCUT2D eigenvalue weighted by atomic mass is 10.0. The van der Waals surface area contributed by atoms with Gasteiger partial charge < -0.3 is 11.1 Å². The lowest BCUT2D eigenvalue weighted by Gasteiger charge is -2.30. The third-order valence-electron chi connectivity index (χ3n) is 6.63. The van der Waals surface area contributed by atoms with Crippen LogP contribution in [0.25, 0.3) is 16.9 Å². The van der Waals surface area contributed by atoms with Gasteiger partial charge in [-0.15, -0.1) is 0 Å². The van der Waals surface area contributed by atoms with Crippen LogP contribution in [0, 0.1) is 11.3 Å². The van der Waals surface area contributed by atoms with Gasteiger partial charge in [-0.1, -0.05) is 17.7 Å². The van der Waals surface area contributed by atoms with Crippen molar-refractivity contribution in [3.8, 4) is 23.0 Å². The maximum Gasteiger partial charge on any atom is 0.237 e. The summed E-state index contributed by atoms with van der Waals surface area (Å²) in [6, 6.07) is 7.59. The quantitative estimate of drug-likeness (QED) is 0.347. The standard InChI is InChI=1S/C25H30ClN9O3S/c1-25(2,23(28)36)30-12-16-4-5-21(20(26)10-16)35-15-18(14-31-35)22-17(11-27)13-29-24(33-22)32-19-6-8-34(9-7-19)39(3,37)38/h4-5,10,13-15,19,30H,6-9,12H2,1-3H3,(H2,28,36)(H,29,32,33). The van der Waals surface area contributed by atoms with Crippen molar-refractivity contribution in [1.82, 2.24) is 29.4 Å². The Hall–Kier alpha value is -3.57. The van der Waals surface area contributed by atoms with Gasteiger partial charge in [-0.3, -0.25) is 10.1 Å². The van der Waals surface area contributed by atoms with E-state index in [2.05, 4.69) is 31.8 Å². The van der Waals surface area contributed by atoms with Crippen LogP contribution in [0.3, 0.4) is 0 Å². The first-order chi connectivity index (χ1) is 18.4. The molecule has 1 aliphatic rings. The summed E-state index contributed by atoms with van der Waals surface area (Å²) in [4.78, 5) is 20.4. The summed E-state index contributed by atoms with van der Waals surface area (Å²) >= 11 is 6.55. The van der Waals surface area contributed by atoms with Gasteiger partial charge in [0.05, 0.1) is 46.2 Å². The highest BCUT2D eigenvalue weighted by Gasteiger charge is 2.26. The summed E-state index contributed by atoms with van der Waals surface area (Å²) in [6.45, 7) is 4.66. The second kappa shape index (κ2) is 11.3. The molecule has 39 heavy (non-hydrogen) atoms. The molecule has 0 spiro atoms. The first-order valence-electron chi connectivity index (χ1n) is 12.2. The van der Waals surface area contributed by atoms with E-state index in [-0.39, 0.29) is 11.6 Å². The van der Waals surface area contributed by atoms with Crippen LogP contribution in [0.2, 0.25) is 5.02 Å². The molecule has 0 radical (unpaired) electrons. The van der Waals surface area contributed by atoms with Crippen LogP contribution < -0.4 is 16.4 Å². The first kappa shape index (κ1) is 28.4. The molecule has 4 N–H and O–H groups in total. The van der Waals surface area contributed by atoms with Gasteiger partial charge in [-0.2, -0.15) is 10.4 Å². The number of rotatable bonds is 9.